The lowest BCUT2D eigenvalue weighted by Gasteiger charge is -2.12. The Hall–Kier alpha value is -2.80. The van der Waals surface area contributed by atoms with Crippen LogP contribution in [0.5, 0.6) is 17.2 Å². The van der Waals surface area contributed by atoms with Crippen molar-refractivity contribution in [3.63, 3.8) is 0 Å². The Morgan fingerprint density at radius 3 is 2.56 bits per heavy atom. The number of nitro groups is 1. The Bertz CT molecular complexity index is 795. The van der Waals surface area contributed by atoms with Gasteiger partial charge in [-0.05, 0) is 36.8 Å². The van der Waals surface area contributed by atoms with E-state index >= 15 is 0 Å². The van der Waals surface area contributed by atoms with E-state index in [9.17, 15) is 14.9 Å². The van der Waals surface area contributed by atoms with Crippen molar-refractivity contribution in [1.82, 2.24) is 5.32 Å². The molecule has 8 heteroatoms. The number of methoxy groups -OCH3 is 1. The van der Waals surface area contributed by atoms with Crippen LogP contribution >= 0.6 is 11.6 Å². The summed E-state index contributed by atoms with van der Waals surface area (Å²) in [5.41, 5.74) is 0.141. The Morgan fingerprint density at radius 1 is 1.20 bits per heavy atom. The van der Waals surface area contributed by atoms with E-state index in [-0.39, 0.29) is 33.9 Å². The third kappa shape index (κ3) is 4.60. The minimum absolute atomic E-state index is 0.0240. The first kappa shape index (κ1) is 18.5. The third-order valence-corrected chi connectivity index (χ3v) is 3.53. The third-order valence-electron chi connectivity index (χ3n) is 3.30. The SMILES string of the molecule is CCCNC(=O)c1ccc(Oc2ccc(Cl)cc2[N+](=O)[O-])c(OC)c1. The van der Waals surface area contributed by atoms with Crippen LogP contribution in [0.15, 0.2) is 36.4 Å². The number of nitrogens with zero attached hydrogens (tertiary/aromatic N) is 1. The van der Waals surface area contributed by atoms with Crippen molar-refractivity contribution in [3.8, 4) is 17.2 Å². The van der Waals surface area contributed by atoms with E-state index in [1.807, 2.05) is 6.92 Å². The van der Waals surface area contributed by atoms with Gasteiger partial charge < -0.3 is 14.8 Å². The molecule has 0 saturated heterocycles. The summed E-state index contributed by atoms with van der Waals surface area (Å²) in [4.78, 5) is 22.6. The van der Waals surface area contributed by atoms with E-state index < -0.39 is 4.92 Å². The lowest BCUT2D eigenvalue weighted by molar-refractivity contribution is -0.385. The number of rotatable bonds is 7. The first-order valence-electron chi connectivity index (χ1n) is 7.54. The van der Waals surface area contributed by atoms with Gasteiger partial charge in [-0.25, -0.2) is 0 Å². The molecule has 1 N–H and O–H groups in total. The van der Waals surface area contributed by atoms with Crippen molar-refractivity contribution in [1.29, 1.82) is 0 Å². The number of hydrogen-bond donors (Lipinski definition) is 1. The van der Waals surface area contributed by atoms with E-state index in [0.29, 0.717) is 12.1 Å². The largest absolute Gasteiger partial charge is 0.493 e. The summed E-state index contributed by atoms with van der Waals surface area (Å²) in [6, 6.07) is 8.70. The predicted octanol–water partition coefficient (Wildman–Crippen LogP) is 4.19. The molecule has 0 heterocycles. The summed E-state index contributed by atoms with van der Waals surface area (Å²) in [5.74, 6) is 0.327. The van der Waals surface area contributed by atoms with Gasteiger partial charge in [0.25, 0.3) is 5.91 Å². The quantitative estimate of drug-likeness (QED) is 0.587. The van der Waals surface area contributed by atoms with Crippen molar-refractivity contribution < 1.29 is 19.2 Å². The van der Waals surface area contributed by atoms with Gasteiger partial charge in [0.05, 0.1) is 12.0 Å². The molecule has 0 bridgehead atoms. The number of carbonyl (C=O) groups is 1. The topological polar surface area (TPSA) is 90.7 Å². The van der Waals surface area contributed by atoms with Crippen molar-refractivity contribution in [2.45, 2.75) is 13.3 Å². The summed E-state index contributed by atoms with van der Waals surface area (Å²) in [5, 5.41) is 14.1. The molecule has 1 amide bonds. The van der Waals surface area contributed by atoms with Gasteiger partial charge >= 0.3 is 5.69 Å². The second-order valence-electron chi connectivity index (χ2n) is 5.09. The van der Waals surface area contributed by atoms with Crippen LogP contribution in [-0.2, 0) is 0 Å². The lowest BCUT2D eigenvalue weighted by Crippen LogP contribution is -2.23. The fourth-order valence-corrected chi connectivity index (χ4v) is 2.24. The zero-order chi connectivity index (χ0) is 18.4. The summed E-state index contributed by atoms with van der Waals surface area (Å²) in [7, 11) is 1.42. The Labute approximate surface area is 149 Å². The average Bonchev–Trinajstić information content (AvgIpc) is 2.61. The second kappa shape index (κ2) is 8.34. The number of hydrogen-bond acceptors (Lipinski definition) is 5. The van der Waals surface area contributed by atoms with Crippen LogP contribution in [0.2, 0.25) is 5.02 Å². The number of nitrogens with one attached hydrogen (secondary N) is 1. The molecule has 0 atom stereocenters. The number of amides is 1. The molecule has 0 saturated carbocycles. The number of benzene rings is 2. The van der Waals surface area contributed by atoms with E-state index in [2.05, 4.69) is 5.32 Å². The molecular formula is C17H17ClN2O5. The lowest BCUT2D eigenvalue weighted by atomic mass is 10.2. The van der Waals surface area contributed by atoms with Crippen LogP contribution in [0.4, 0.5) is 5.69 Å². The molecule has 0 radical (unpaired) electrons. The van der Waals surface area contributed by atoms with Gasteiger partial charge in [-0.1, -0.05) is 18.5 Å². The van der Waals surface area contributed by atoms with Crippen LogP contribution in [-0.4, -0.2) is 24.5 Å². The molecule has 0 aliphatic carbocycles. The number of carbonyl (C=O) groups excluding carboxylic acids is 1. The summed E-state index contributed by atoms with van der Waals surface area (Å²) in [6.45, 7) is 2.52. The highest BCUT2D eigenvalue weighted by Crippen LogP contribution is 2.37. The van der Waals surface area contributed by atoms with E-state index in [4.69, 9.17) is 21.1 Å². The second-order valence-corrected chi connectivity index (χ2v) is 5.53. The first-order valence-corrected chi connectivity index (χ1v) is 7.92. The predicted molar refractivity (Wildman–Crippen MR) is 93.8 cm³/mol. The van der Waals surface area contributed by atoms with Crippen LogP contribution < -0.4 is 14.8 Å². The normalized spacial score (nSPS) is 10.2. The molecule has 0 unspecified atom stereocenters. The maximum absolute atomic E-state index is 12.0. The van der Waals surface area contributed by atoms with Gasteiger partial charge in [-0.3, -0.25) is 14.9 Å². The van der Waals surface area contributed by atoms with Crippen molar-refractivity contribution in [2.75, 3.05) is 13.7 Å². The van der Waals surface area contributed by atoms with Gasteiger partial charge in [-0.2, -0.15) is 0 Å². The molecule has 0 aliphatic heterocycles. The zero-order valence-electron chi connectivity index (χ0n) is 13.7. The summed E-state index contributed by atoms with van der Waals surface area (Å²) in [6.07, 6.45) is 0.824. The highest BCUT2D eigenvalue weighted by atomic mass is 35.5. The minimum Gasteiger partial charge on any atom is -0.493 e. The maximum atomic E-state index is 12.0. The van der Waals surface area contributed by atoms with Crippen molar-refractivity contribution in [3.05, 3.63) is 57.1 Å². The Balaban J connectivity index is 2.32. The molecule has 7 nitrogen and oxygen atoms in total. The van der Waals surface area contributed by atoms with E-state index in [1.165, 1.54) is 37.4 Å². The molecule has 0 aliphatic rings. The fraction of sp³-hybridized carbons (Fsp3) is 0.235. The molecule has 132 valence electrons. The molecule has 2 aromatic carbocycles. The van der Waals surface area contributed by atoms with Crippen LogP contribution in [0.3, 0.4) is 0 Å². The van der Waals surface area contributed by atoms with E-state index in [0.717, 1.165) is 6.42 Å². The number of halogens is 1. The average molecular weight is 365 g/mol. The first-order chi connectivity index (χ1) is 12.0. The highest BCUT2D eigenvalue weighted by molar-refractivity contribution is 6.30. The van der Waals surface area contributed by atoms with Gasteiger partial charge in [0.2, 0.25) is 5.75 Å². The Morgan fingerprint density at radius 2 is 1.92 bits per heavy atom. The van der Waals surface area contributed by atoms with Crippen LogP contribution in [0.1, 0.15) is 23.7 Å². The zero-order valence-corrected chi connectivity index (χ0v) is 14.5. The van der Waals surface area contributed by atoms with Gasteiger partial charge in [-0.15, -0.1) is 0 Å². The number of ether oxygens (including phenoxy) is 2. The molecule has 2 aromatic rings. The van der Waals surface area contributed by atoms with Gasteiger partial charge in [0, 0.05) is 23.2 Å². The van der Waals surface area contributed by atoms with Crippen molar-refractivity contribution >= 4 is 23.2 Å². The molecule has 0 aromatic heterocycles. The van der Waals surface area contributed by atoms with Gasteiger partial charge in [0.15, 0.2) is 11.5 Å². The summed E-state index contributed by atoms with van der Waals surface area (Å²) < 4.78 is 10.8. The van der Waals surface area contributed by atoms with E-state index in [1.54, 1.807) is 6.07 Å². The standard InChI is InChI=1S/C17H17ClN2O5/c1-3-8-19-17(21)11-4-6-15(16(9-11)24-2)25-14-7-5-12(18)10-13(14)20(22)23/h4-7,9-10H,3,8H2,1-2H3,(H,19,21). The molecule has 2 rings (SSSR count). The molecule has 25 heavy (non-hydrogen) atoms. The molecule has 0 fully saturated rings. The Kier molecular flexibility index (Phi) is 6.19. The minimum atomic E-state index is -0.583. The van der Waals surface area contributed by atoms with Crippen LogP contribution in [0.25, 0.3) is 0 Å². The molecule has 0 spiro atoms. The number of nitro benzene ring substituents is 1. The van der Waals surface area contributed by atoms with Gasteiger partial charge in [0.1, 0.15) is 0 Å². The fourth-order valence-electron chi connectivity index (χ4n) is 2.07. The van der Waals surface area contributed by atoms with Crippen molar-refractivity contribution in [2.24, 2.45) is 0 Å². The highest BCUT2D eigenvalue weighted by Gasteiger charge is 2.19. The molecular weight excluding hydrogens is 348 g/mol. The maximum Gasteiger partial charge on any atom is 0.313 e. The smallest absolute Gasteiger partial charge is 0.313 e. The monoisotopic (exact) mass is 364 g/mol. The summed E-state index contributed by atoms with van der Waals surface area (Å²) >= 11 is 5.79. The van der Waals surface area contributed by atoms with Crippen LogP contribution in [0, 0.1) is 10.1 Å².